The Bertz CT molecular complexity index is 495. The van der Waals surface area contributed by atoms with Crippen LogP contribution in [0.25, 0.3) is 11.1 Å². The summed E-state index contributed by atoms with van der Waals surface area (Å²) in [5.41, 5.74) is 2.41. The van der Waals surface area contributed by atoms with E-state index in [0.29, 0.717) is 15.6 Å². The predicted octanol–water partition coefficient (Wildman–Crippen LogP) is 4.15. The topological polar surface area (TPSA) is 20.2 Å². The lowest BCUT2D eigenvalue weighted by atomic mass is 10.0. The van der Waals surface area contributed by atoms with Gasteiger partial charge in [0.15, 0.2) is 0 Å². The summed E-state index contributed by atoms with van der Waals surface area (Å²) in [4.78, 5) is 0. The number of aliphatic hydroxyl groups excluding tert-OH is 1. The van der Waals surface area contributed by atoms with Crippen molar-refractivity contribution in [1.29, 1.82) is 0 Å². The van der Waals surface area contributed by atoms with Gasteiger partial charge in [0, 0.05) is 10.6 Å². The van der Waals surface area contributed by atoms with Crippen molar-refractivity contribution in [2.24, 2.45) is 0 Å². The van der Waals surface area contributed by atoms with Gasteiger partial charge in [-0.2, -0.15) is 0 Å². The lowest BCUT2D eigenvalue weighted by molar-refractivity contribution is 0.282. The summed E-state index contributed by atoms with van der Waals surface area (Å²) in [5.74, 6) is 0. The maximum atomic E-state index is 9.15. The highest BCUT2D eigenvalue weighted by molar-refractivity contribution is 6.39. The molecule has 0 aliphatic carbocycles. The van der Waals surface area contributed by atoms with Crippen molar-refractivity contribution >= 4 is 23.2 Å². The smallest absolute Gasteiger partial charge is 0.0696 e. The lowest BCUT2D eigenvalue weighted by Gasteiger charge is -2.10. The molecule has 0 aliphatic heterocycles. The van der Waals surface area contributed by atoms with Gasteiger partial charge in [0.1, 0.15) is 0 Å². The van der Waals surface area contributed by atoms with Crippen molar-refractivity contribution in [2.45, 2.75) is 6.61 Å². The first kappa shape index (κ1) is 11.5. The largest absolute Gasteiger partial charge is 0.392 e. The first-order valence-electron chi connectivity index (χ1n) is 4.87. The van der Waals surface area contributed by atoms with Crippen LogP contribution in [0.1, 0.15) is 5.56 Å². The first-order valence-corrected chi connectivity index (χ1v) is 5.63. The number of rotatable bonds is 2. The maximum absolute atomic E-state index is 9.15. The molecule has 0 heterocycles. The van der Waals surface area contributed by atoms with E-state index in [1.165, 1.54) is 0 Å². The van der Waals surface area contributed by atoms with E-state index in [1.54, 1.807) is 12.1 Å². The molecule has 82 valence electrons. The summed E-state index contributed by atoms with van der Waals surface area (Å²) in [7, 11) is 0. The van der Waals surface area contributed by atoms with Crippen LogP contribution >= 0.6 is 23.2 Å². The van der Waals surface area contributed by atoms with Crippen LogP contribution in [0.5, 0.6) is 0 Å². The molecule has 0 atom stereocenters. The monoisotopic (exact) mass is 252 g/mol. The number of benzene rings is 2. The Morgan fingerprint density at radius 3 is 2.25 bits per heavy atom. The summed E-state index contributed by atoms with van der Waals surface area (Å²) in [6, 6.07) is 13.1. The molecule has 2 aromatic carbocycles. The average Bonchev–Trinajstić information content (AvgIpc) is 2.31. The van der Waals surface area contributed by atoms with E-state index < -0.39 is 0 Å². The molecule has 0 aliphatic rings. The molecule has 1 nitrogen and oxygen atoms in total. The number of halogens is 2. The molecular formula is C13H10Cl2O. The minimum Gasteiger partial charge on any atom is -0.392 e. The molecule has 0 radical (unpaired) electrons. The zero-order chi connectivity index (χ0) is 11.5. The fraction of sp³-hybridized carbons (Fsp3) is 0.0769. The lowest BCUT2D eigenvalue weighted by Crippen LogP contribution is -1.89. The van der Waals surface area contributed by atoms with Gasteiger partial charge in [-0.15, -0.1) is 0 Å². The molecule has 3 heteroatoms. The number of hydrogen-bond acceptors (Lipinski definition) is 1. The van der Waals surface area contributed by atoms with Crippen molar-refractivity contribution in [1.82, 2.24) is 0 Å². The van der Waals surface area contributed by atoms with Gasteiger partial charge in [-0.3, -0.25) is 0 Å². The Morgan fingerprint density at radius 1 is 0.938 bits per heavy atom. The van der Waals surface area contributed by atoms with Crippen LogP contribution in [-0.4, -0.2) is 5.11 Å². The predicted molar refractivity (Wildman–Crippen MR) is 67.8 cm³/mol. The van der Waals surface area contributed by atoms with Gasteiger partial charge in [-0.1, -0.05) is 59.6 Å². The standard InChI is InChI=1S/C13H10Cl2O/c14-11-7-6-10(8-16)13(15)12(11)9-4-2-1-3-5-9/h1-7,16H,8H2. The third-order valence-corrected chi connectivity index (χ3v) is 3.15. The molecule has 0 bridgehead atoms. The van der Waals surface area contributed by atoms with Gasteiger partial charge in [0.05, 0.1) is 11.6 Å². The molecule has 0 saturated carbocycles. The molecule has 1 N–H and O–H groups in total. The molecule has 2 aromatic rings. The molecule has 2 rings (SSSR count). The van der Waals surface area contributed by atoms with Gasteiger partial charge in [-0.25, -0.2) is 0 Å². The third kappa shape index (κ3) is 2.07. The van der Waals surface area contributed by atoms with Crippen molar-refractivity contribution < 1.29 is 5.11 Å². The quantitative estimate of drug-likeness (QED) is 0.852. The molecule has 16 heavy (non-hydrogen) atoms. The van der Waals surface area contributed by atoms with E-state index in [2.05, 4.69) is 0 Å². The van der Waals surface area contributed by atoms with E-state index in [9.17, 15) is 0 Å². The fourth-order valence-corrected chi connectivity index (χ4v) is 2.24. The van der Waals surface area contributed by atoms with E-state index in [-0.39, 0.29) is 6.61 Å². The van der Waals surface area contributed by atoms with Gasteiger partial charge in [0.25, 0.3) is 0 Å². The van der Waals surface area contributed by atoms with Gasteiger partial charge < -0.3 is 5.11 Å². The van der Waals surface area contributed by atoms with Crippen LogP contribution in [0.15, 0.2) is 42.5 Å². The summed E-state index contributed by atoms with van der Waals surface area (Å²) in [5, 5.41) is 10.3. The van der Waals surface area contributed by atoms with E-state index >= 15 is 0 Å². The molecule has 0 spiro atoms. The van der Waals surface area contributed by atoms with E-state index in [1.807, 2.05) is 30.3 Å². The van der Waals surface area contributed by atoms with Crippen LogP contribution in [-0.2, 0) is 6.61 Å². The normalized spacial score (nSPS) is 10.4. The third-order valence-electron chi connectivity index (χ3n) is 2.40. The van der Waals surface area contributed by atoms with Gasteiger partial charge in [0.2, 0.25) is 0 Å². The zero-order valence-corrected chi connectivity index (χ0v) is 9.96. The SMILES string of the molecule is OCc1ccc(Cl)c(-c2ccccc2)c1Cl. The first-order chi connectivity index (χ1) is 7.74. The average molecular weight is 253 g/mol. The second kappa shape index (κ2) is 4.88. The molecule has 0 amide bonds. The van der Waals surface area contributed by atoms with Crippen LogP contribution in [0.3, 0.4) is 0 Å². The fourth-order valence-electron chi connectivity index (χ4n) is 1.59. The van der Waals surface area contributed by atoms with Crippen LogP contribution in [0.4, 0.5) is 0 Å². The highest BCUT2D eigenvalue weighted by Crippen LogP contribution is 2.36. The van der Waals surface area contributed by atoms with E-state index in [4.69, 9.17) is 28.3 Å². The Hall–Kier alpha value is -1.02. The van der Waals surface area contributed by atoms with Crippen molar-refractivity contribution in [3.05, 3.63) is 58.1 Å². The Labute approximate surface area is 104 Å². The van der Waals surface area contributed by atoms with Crippen molar-refractivity contribution in [2.75, 3.05) is 0 Å². The minimum atomic E-state index is -0.0875. The maximum Gasteiger partial charge on any atom is 0.0696 e. The Kier molecular flexibility index (Phi) is 3.49. The second-order valence-corrected chi connectivity index (χ2v) is 4.20. The summed E-state index contributed by atoms with van der Waals surface area (Å²) >= 11 is 12.3. The highest BCUT2D eigenvalue weighted by atomic mass is 35.5. The van der Waals surface area contributed by atoms with Crippen LogP contribution in [0, 0.1) is 0 Å². The second-order valence-electron chi connectivity index (χ2n) is 3.42. The zero-order valence-electron chi connectivity index (χ0n) is 8.45. The van der Waals surface area contributed by atoms with Crippen molar-refractivity contribution in [3.8, 4) is 11.1 Å². The highest BCUT2D eigenvalue weighted by Gasteiger charge is 2.11. The molecule has 0 aromatic heterocycles. The Morgan fingerprint density at radius 2 is 1.62 bits per heavy atom. The minimum absolute atomic E-state index is 0.0875. The summed E-state index contributed by atoms with van der Waals surface area (Å²) < 4.78 is 0. The Balaban J connectivity index is 2.64. The van der Waals surface area contributed by atoms with Gasteiger partial charge in [-0.05, 0) is 17.2 Å². The summed E-state index contributed by atoms with van der Waals surface area (Å²) in [6.07, 6.45) is 0. The van der Waals surface area contributed by atoms with Crippen LogP contribution in [0.2, 0.25) is 10.0 Å². The number of aliphatic hydroxyl groups is 1. The van der Waals surface area contributed by atoms with E-state index in [0.717, 1.165) is 11.1 Å². The number of hydrogen-bond donors (Lipinski definition) is 1. The molecule has 0 fully saturated rings. The molecule has 0 unspecified atom stereocenters. The molecule has 0 saturated heterocycles. The molecular weight excluding hydrogens is 243 g/mol. The van der Waals surface area contributed by atoms with Crippen molar-refractivity contribution in [3.63, 3.8) is 0 Å². The van der Waals surface area contributed by atoms with Gasteiger partial charge >= 0.3 is 0 Å². The van der Waals surface area contributed by atoms with Crippen LogP contribution < -0.4 is 0 Å². The summed E-state index contributed by atoms with van der Waals surface area (Å²) in [6.45, 7) is -0.0875.